The van der Waals surface area contributed by atoms with Gasteiger partial charge in [-0.25, -0.2) is 19.3 Å². The molecular formula is C12H17N5O2. The Morgan fingerprint density at radius 3 is 3.16 bits per heavy atom. The van der Waals surface area contributed by atoms with Crippen molar-refractivity contribution in [2.45, 2.75) is 31.8 Å². The van der Waals surface area contributed by atoms with Crippen LogP contribution in [-0.2, 0) is 0 Å². The van der Waals surface area contributed by atoms with Gasteiger partial charge in [-0.1, -0.05) is 6.42 Å². The average molecular weight is 263 g/mol. The highest BCUT2D eigenvalue weighted by atomic mass is 16.5. The van der Waals surface area contributed by atoms with Gasteiger partial charge in [-0.05, 0) is 25.8 Å². The van der Waals surface area contributed by atoms with Crippen LogP contribution in [0.2, 0.25) is 0 Å². The zero-order valence-corrected chi connectivity index (χ0v) is 10.6. The van der Waals surface area contributed by atoms with Gasteiger partial charge in [0, 0.05) is 12.0 Å². The number of hydrogen-bond acceptors (Lipinski definition) is 5. The number of ether oxygens (including phenoxy) is 1. The van der Waals surface area contributed by atoms with Crippen LogP contribution in [0.25, 0.3) is 5.65 Å². The molecule has 3 N–H and O–H groups in total. The Hall–Kier alpha value is -1.89. The van der Waals surface area contributed by atoms with Crippen LogP contribution in [-0.4, -0.2) is 32.2 Å². The van der Waals surface area contributed by atoms with E-state index < -0.39 is 0 Å². The van der Waals surface area contributed by atoms with E-state index in [9.17, 15) is 4.79 Å². The van der Waals surface area contributed by atoms with Gasteiger partial charge in [-0.2, -0.15) is 5.10 Å². The first kappa shape index (κ1) is 12.2. The second-order valence-corrected chi connectivity index (χ2v) is 4.92. The largest absolute Gasteiger partial charge is 0.474 e. The van der Waals surface area contributed by atoms with E-state index in [1.54, 1.807) is 6.07 Å². The lowest BCUT2D eigenvalue weighted by Gasteiger charge is -2.30. The summed E-state index contributed by atoms with van der Waals surface area (Å²) in [5.74, 6) is 0.880. The number of nitrogens with zero attached hydrogens (tertiary/aromatic N) is 3. The van der Waals surface area contributed by atoms with Crippen molar-refractivity contribution in [1.82, 2.24) is 19.6 Å². The van der Waals surface area contributed by atoms with E-state index in [0.29, 0.717) is 24.0 Å². The minimum absolute atomic E-state index is 0.111. The summed E-state index contributed by atoms with van der Waals surface area (Å²) >= 11 is 0. The third-order valence-corrected chi connectivity index (χ3v) is 3.70. The SMILES string of the molecule is NCC1CCCCC1Oc1cc2n[nH]c(=O)n2cn1. The Labute approximate surface area is 109 Å². The van der Waals surface area contributed by atoms with Gasteiger partial charge >= 0.3 is 5.69 Å². The molecule has 0 radical (unpaired) electrons. The molecule has 1 fully saturated rings. The van der Waals surface area contributed by atoms with Crippen molar-refractivity contribution in [2.24, 2.45) is 11.7 Å². The number of aromatic amines is 1. The van der Waals surface area contributed by atoms with Crippen LogP contribution >= 0.6 is 0 Å². The molecule has 0 saturated heterocycles. The average Bonchev–Trinajstić information content (AvgIpc) is 2.81. The molecule has 0 aromatic carbocycles. The first-order chi connectivity index (χ1) is 9.28. The standard InChI is InChI=1S/C12H17N5O2/c13-6-8-3-1-2-4-9(8)19-11-5-10-15-16-12(18)17(10)7-14-11/h5,7-9H,1-4,6,13H2,(H,16,18). The summed E-state index contributed by atoms with van der Waals surface area (Å²) in [5, 5.41) is 6.26. The summed E-state index contributed by atoms with van der Waals surface area (Å²) in [7, 11) is 0. The second kappa shape index (κ2) is 5.00. The molecule has 7 nitrogen and oxygen atoms in total. The minimum Gasteiger partial charge on any atom is -0.474 e. The van der Waals surface area contributed by atoms with Crippen LogP contribution in [0.1, 0.15) is 25.7 Å². The summed E-state index contributed by atoms with van der Waals surface area (Å²) in [6, 6.07) is 1.67. The fourth-order valence-electron chi connectivity index (χ4n) is 2.61. The van der Waals surface area contributed by atoms with E-state index >= 15 is 0 Å². The number of rotatable bonds is 3. The molecule has 7 heteroatoms. The van der Waals surface area contributed by atoms with Gasteiger partial charge in [-0.15, -0.1) is 0 Å². The second-order valence-electron chi connectivity index (χ2n) is 4.92. The van der Waals surface area contributed by atoms with E-state index in [1.807, 2.05) is 0 Å². The molecule has 19 heavy (non-hydrogen) atoms. The van der Waals surface area contributed by atoms with E-state index in [1.165, 1.54) is 17.1 Å². The highest BCUT2D eigenvalue weighted by Crippen LogP contribution is 2.27. The highest BCUT2D eigenvalue weighted by molar-refractivity contribution is 5.39. The number of aromatic nitrogens is 4. The quantitative estimate of drug-likeness (QED) is 0.830. The van der Waals surface area contributed by atoms with Gasteiger partial charge in [-0.3, -0.25) is 0 Å². The summed E-state index contributed by atoms with van der Waals surface area (Å²) in [6.07, 6.45) is 6.01. The summed E-state index contributed by atoms with van der Waals surface area (Å²) in [5.41, 5.74) is 5.99. The molecule has 0 bridgehead atoms. The highest BCUT2D eigenvalue weighted by Gasteiger charge is 2.26. The maximum absolute atomic E-state index is 11.3. The van der Waals surface area contributed by atoms with Crippen LogP contribution in [0.5, 0.6) is 5.88 Å². The van der Waals surface area contributed by atoms with Crippen molar-refractivity contribution in [1.29, 1.82) is 0 Å². The van der Waals surface area contributed by atoms with E-state index in [4.69, 9.17) is 10.5 Å². The van der Waals surface area contributed by atoms with Crippen LogP contribution in [0.15, 0.2) is 17.2 Å². The van der Waals surface area contributed by atoms with Gasteiger partial charge in [0.05, 0.1) is 0 Å². The molecule has 2 heterocycles. The van der Waals surface area contributed by atoms with Gasteiger partial charge in [0.2, 0.25) is 5.88 Å². The van der Waals surface area contributed by atoms with Gasteiger partial charge in [0.1, 0.15) is 12.4 Å². The summed E-state index contributed by atoms with van der Waals surface area (Å²) < 4.78 is 7.26. The van der Waals surface area contributed by atoms with Crippen molar-refractivity contribution in [3.8, 4) is 5.88 Å². The van der Waals surface area contributed by atoms with Crippen molar-refractivity contribution < 1.29 is 4.74 Å². The monoisotopic (exact) mass is 263 g/mol. The van der Waals surface area contributed by atoms with E-state index in [-0.39, 0.29) is 11.8 Å². The Morgan fingerprint density at radius 2 is 2.32 bits per heavy atom. The number of hydrogen-bond donors (Lipinski definition) is 2. The van der Waals surface area contributed by atoms with E-state index in [2.05, 4.69) is 15.2 Å². The minimum atomic E-state index is -0.299. The maximum Gasteiger partial charge on any atom is 0.348 e. The number of nitrogens with two attached hydrogens (primary N) is 1. The van der Waals surface area contributed by atoms with Crippen molar-refractivity contribution in [2.75, 3.05) is 6.54 Å². The van der Waals surface area contributed by atoms with Crippen LogP contribution in [0, 0.1) is 5.92 Å². The Bertz CT molecular complexity index is 620. The smallest absolute Gasteiger partial charge is 0.348 e. The Morgan fingerprint density at radius 1 is 1.47 bits per heavy atom. The first-order valence-electron chi connectivity index (χ1n) is 6.57. The van der Waals surface area contributed by atoms with E-state index in [0.717, 1.165) is 19.3 Å². The van der Waals surface area contributed by atoms with Crippen molar-refractivity contribution in [3.05, 3.63) is 22.9 Å². The fraction of sp³-hybridized carbons (Fsp3) is 0.583. The molecule has 1 aliphatic carbocycles. The van der Waals surface area contributed by atoms with Crippen LogP contribution in [0.3, 0.4) is 0 Å². The molecule has 1 saturated carbocycles. The maximum atomic E-state index is 11.3. The molecular weight excluding hydrogens is 246 g/mol. The molecule has 102 valence electrons. The Balaban J connectivity index is 1.82. The molecule has 2 unspecified atom stereocenters. The molecule has 0 amide bonds. The lowest BCUT2D eigenvalue weighted by Crippen LogP contribution is -2.35. The zero-order chi connectivity index (χ0) is 13.2. The molecule has 2 aromatic heterocycles. The van der Waals surface area contributed by atoms with Gasteiger partial charge in [0.25, 0.3) is 0 Å². The third-order valence-electron chi connectivity index (χ3n) is 3.70. The van der Waals surface area contributed by atoms with Gasteiger partial charge < -0.3 is 10.5 Å². The third kappa shape index (κ3) is 2.33. The number of H-pyrrole nitrogens is 1. The van der Waals surface area contributed by atoms with Crippen molar-refractivity contribution >= 4 is 5.65 Å². The Kier molecular flexibility index (Phi) is 3.20. The number of fused-ring (bicyclic) bond motifs is 1. The normalized spacial score (nSPS) is 23.6. The fourth-order valence-corrected chi connectivity index (χ4v) is 2.61. The molecule has 1 aliphatic rings. The predicted molar refractivity (Wildman–Crippen MR) is 69.0 cm³/mol. The first-order valence-corrected chi connectivity index (χ1v) is 6.57. The molecule has 0 spiro atoms. The lowest BCUT2D eigenvalue weighted by atomic mass is 9.86. The topological polar surface area (TPSA) is 98.3 Å². The summed E-state index contributed by atoms with van der Waals surface area (Å²) in [4.78, 5) is 15.5. The predicted octanol–water partition coefficient (Wildman–Crippen LogP) is 0.314. The molecule has 2 aromatic rings. The molecule has 2 atom stereocenters. The van der Waals surface area contributed by atoms with Crippen molar-refractivity contribution in [3.63, 3.8) is 0 Å². The summed E-state index contributed by atoms with van der Waals surface area (Å²) in [6.45, 7) is 0.634. The van der Waals surface area contributed by atoms with Crippen LogP contribution in [0.4, 0.5) is 0 Å². The zero-order valence-electron chi connectivity index (χ0n) is 10.6. The van der Waals surface area contributed by atoms with Crippen LogP contribution < -0.4 is 16.2 Å². The lowest BCUT2D eigenvalue weighted by molar-refractivity contribution is 0.0922. The van der Waals surface area contributed by atoms with Gasteiger partial charge in [0.15, 0.2) is 5.65 Å². The number of nitrogens with one attached hydrogen (secondary N) is 1. The molecule has 3 rings (SSSR count). The molecule has 0 aliphatic heterocycles.